The van der Waals surface area contributed by atoms with Gasteiger partial charge in [-0.1, -0.05) is 12.1 Å². The number of nitrogens with zero attached hydrogens (tertiary/aromatic N) is 1. The van der Waals surface area contributed by atoms with Crippen LogP contribution in [-0.4, -0.2) is 29.4 Å². The van der Waals surface area contributed by atoms with E-state index in [1.807, 2.05) is 12.1 Å². The van der Waals surface area contributed by atoms with Crippen LogP contribution in [0.2, 0.25) is 0 Å². The summed E-state index contributed by atoms with van der Waals surface area (Å²) in [5, 5.41) is 6.42. The number of halogens is 1. The summed E-state index contributed by atoms with van der Waals surface area (Å²) in [6.45, 7) is 0.615. The number of rotatable bonds is 3. The fraction of sp³-hybridized carbons (Fsp3) is 0.353. The summed E-state index contributed by atoms with van der Waals surface area (Å²) in [6.07, 6.45) is 4.74. The molecule has 2 amide bonds. The van der Waals surface area contributed by atoms with Crippen LogP contribution in [0.3, 0.4) is 0 Å². The van der Waals surface area contributed by atoms with E-state index in [2.05, 4.69) is 27.8 Å². The Morgan fingerprint density at radius 1 is 1.22 bits per heavy atom. The van der Waals surface area contributed by atoms with E-state index in [4.69, 9.17) is 0 Å². The first kappa shape index (κ1) is 15.7. The summed E-state index contributed by atoms with van der Waals surface area (Å²) in [4.78, 5) is 28.2. The van der Waals surface area contributed by atoms with Gasteiger partial charge in [0.25, 0.3) is 5.91 Å². The Morgan fingerprint density at radius 2 is 2.04 bits per heavy atom. The molecule has 6 heteroatoms. The number of pyridine rings is 1. The Hall–Kier alpha value is -2.14. The van der Waals surface area contributed by atoms with Gasteiger partial charge in [-0.05, 0) is 42.9 Å². The minimum absolute atomic E-state index is 0. The molecule has 2 heterocycles. The minimum atomic E-state index is -0.430. The van der Waals surface area contributed by atoms with E-state index in [0.29, 0.717) is 24.4 Å². The van der Waals surface area contributed by atoms with Crippen LogP contribution in [0.5, 0.6) is 0 Å². The molecule has 2 N–H and O–H groups in total. The number of carbonyl (C=O) groups excluding carboxylic acids is 2. The number of nitrogens with one attached hydrogen (secondary N) is 2. The topological polar surface area (TPSA) is 71.1 Å². The highest BCUT2D eigenvalue weighted by atomic mass is 35.5. The van der Waals surface area contributed by atoms with Crippen molar-refractivity contribution in [2.24, 2.45) is 0 Å². The number of aromatic nitrogens is 1. The molecule has 4 rings (SSSR count). The maximum Gasteiger partial charge on any atom is 0.253 e. The monoisotopic (exact) mass is 331 g/mol. The van der Waals surface area contributed by atoms with Gasteiger partial charge in [-0.15, -0.1) is 12.4 Å². The Bertz CT molecular complexity index is 774. The van der Waals surface area contributed by atoms with Crippen molar-refractivity contribution in [1.29, 1.82) is 0 Å². The highest BCUT2D eigenvalue weighted by Gasteiger charge is 2.26. The van der Waals surface area contributed by atoms with Crippen molar-refractivity contribution in [2.75, 3.05) is 6.54 Å². The first-order valence-electron chi connectivity index (χ1n) is 7.69. The summed E-state index contributed by atoms with van der Waals surface area (Å²) in [6, 6.07) is 7.66. The molecule has 2 fully saturated rings. The highest BCUT2D eigenvalue weighted by molar-refractivity contribution is 6.00. The molecule has 1 saturated heterocycles. The second-order valence-electron chi connectivity index (χ2n) is 6.06. The van der Waals surface area contributed by atoms with Crippen molar-refractivity contribution in [3.05, 3.63) is 41.6 Å². The molecule has 2 aliphatic rings. The van der Waals surface area contributed by atoms with E-state index in [1.54, 1.807) is 6.20 Å². The molecular formula is C17H18ClN3O2. The zero-order chi connectivity index (χ0) is 15.1. The van der Waals surface area contributed by atoms with Crippen molar-refractivity contribution in [3.63, 3.8) is 0 Å². The quantitative estimate of drug-likeness (QED) is 0.905. The zero-order valence-electron chi connectivity index (χ0n) is 12.5. The molecule has 23 heavy (non-hydrogen) atoms. The maximum absolute atomic E-state index is 12.2. The number of carbonyl (C=O) groups is 2. The van der Waals surface area contributed by atoms with Crippen LogP contribution in [0.25, 0.3) is 10.9 Å². The van der Waals surface area contributed by atoms with E-state index >= 15 is 0 Å². The molecule has 1 aliphatic heterocycles. The van der Waals surface area contributed by atoms with Gasteiger partial charge in [0.2, 0.25) is 5.91 Å². The van der Waals surface area contributed by atoms with E-state index in [-0.39, 0.29) is 24.2 Å². The predicted molar refractivity (Wildman–Crippen MR) is 89.8 cm³/mol. The Balaban J connectivity index is 0.00000156. The van der Waals surface area contributed by atoms with E-state index in [1.165, 1.54) is 18.4 Å². The zero-order valence-corrected chi connectivity index (χ0v) is 13.4. The van der Waals surface area contributed by atoms with Crippen molar-refractivity contribution >= 4 is 35.1 Å². The van der Waals surface area contributed by atoms with Gasteiger partial charge in [0.05, 0.1) is 11.1 Å². The molecule has 1 aromatic carbocycles. The lowest BCUT2D eigenvalue weighted by atomic mass is 10.1. The van der Waals surface area contributed by atoms with Crippen LogP contribution in [-0.2, 0) is 4.79 Å². The second-order valence-corrected chi connectivity index (χ2v) is 6.06. The molecule has 1 unspecified atom stereocenters. The third-order valence-electron chi connectivity index (χ3n) is 4.37. The Morgan fingerprint density at radius 3 is 2.74 bits per heavy atom. The highest BCUT2D eigenvalue weighted by Crippen LogP contribution is 2.40. The molecular weight excluding hydrogens is 314 g/mol. The summed E-state index contributed by atoms with van der Waals surface area (Å²) in [5.41, 5.74) is 2.74. The lowest BCUT2D eigenvalue weighted by Crippen LogP contribution is -2.40. The molecule has 1 aliphatic carbocycles. The molecule has 1 aromatic heterocycles. The fourth-order valence-corrected chi connectivity index (χ4v) is 2.91. The first-order chi connectivity index (χ1) is 10.7. The number of hydrogen-bond donors (Lipinski definition) is 2. The summed E-state index contributed by atoms with van der Waals surface area (Å²) < 4.78 is 0. The van der Waals surface area contributed by atoms with Gasteiger partial charge in [-0.25, -0.2) is 0 Å². The molecule has 5 nitrogen and oxygen atoms in total. The molecule has 0 spiro atoms. The van der Waals surface area contributed by atoms with Gasteiger partial charge >= 0.3 is 0 Å². The van der Waals surface area contributed by atoms with Crippen molar-refractivity contribution in [2.45, 2.75) is 31.2 Å². The van der Waals surface area contributed by atoms with Crippen molar-refractivity contribution < 1.29 is 9.59 Å². The van der Waals surface area contributed by atoms with Crippen LogP contribution in [0.4, 0.5) is 0 Å². The van der Waals surface area contributed by atoms with Gasteiger partial charge in [-0.3, -0.25) is 14.6 Å². The van der Waals surface area contributed by atoms with Crippen molar-refractivity contribution in [1.82, 2.24) is 15.6 Å². The normalized spacial score (nSPS) is 20.0. The van der Waals surface area contributed by atoms with Gasteiger partial charge in [-0.2, -0.15) is 0 Å². The van der Waals surface area contributed by atoms with Gasteiger partial charge in [0, 0.05) is 18.1 Å². The van der Waals surface area contributed by atoms with Crippen LogP contribution in [0.1, 0.15) is 41.1 Å². The van der Waals surface area contributed by atoms with Gasteiger partial charge in [0.15, 0.2) is 0 Å². The van der Waals surface area contributed by atoms with E-state index < -0.39 is 6.04 Å². The lowest BCUT2D eigenvalue weighted by molar-refractivity contribution is -0.120. The Kier molecular flexibility index (Phi) is 4.22. The van der Waals surface area contributed by atoms with Gasteiger partial charge < -0.3 is 10.6 Å². The molecule has 2 aromatic rings. The average molecular weight is 332 g/mol. The van der Waals surface area contributed by atoms with Crippen LogP contribution in [0, 0.1) is 0 Å². The maximum atomic E-state index is 12.2. The average Bonchev–Trinajstić information content (AvgIpc) is 3.31. The Labute approximate surface area is 140 Å². The molecule has 1 saturated carbocycles. The summed E-state index contributed by atoms with van der Waals surface area (Å²) in [7, 11) is 0. The van der Waals surface area contributed by atoms with E-state index in [0.717, 1.165) is 10.9 Å². The molecule has 120 valence electrons. The molecule has 0 radical (unpaired) electrons. The summed E-state index contributed by atoms with van der Waals surface area (Å²) >= 11 is 0. The second kappa shape index (κ2) is 6.16. The molecule has 0 bridgehead atoms. The lowest BCUT2D eigenvalue weighted by Gasteiger charge is -2.10. The standard InChI is InChI=1S/C17H17N3O2.ClH/c21-16(20-14-5-6-18-17(14)22)13-7-12-4-3-11(10-1-2-10)8-15(12)19-9-13;/h3-4,7-10,14H,1-2,5-6H2,(H,18,22)(H,20,21);1H. The van der Waals surface area contributed by atoms with Crippen LogP contribution < -0.4 is 10.6 Å². The largest absolute Gasteiger partial charge is 0.354 e. The third-order valence-corrected chi connectivity index (χ3v) is 4.37. The smallest absolute Gasteiger partial charge is 0.253 e. The predicted octanol–water partition coefficient (Wildman–Crippen LogP) is 2.15. The first-order valence-corrected chi connectivity index (χ1v) is 7.69. The van der Waals surface area contributed by atoms with Crippen LogP contribution >= 0.6 is 12.4 Å². The fourth-order valence-electron chi connectivity index (χ4n) is 2.91. The van der Waals surface area contributed by atoms with Crippen LogP contribution in [0.15, 0.2) is 30.5 Å². The number of hydrogen-bond acceptors (Lipinski definition) is 3. The van der Waals surface area contributed by atoms with Gasteiger partial charge in [0.1, 0.15) is 6.04 Å². The number of amides is 2. The van der Waals surface area contributed by atoms with Crippen molar-refractivity contribution in [3.8, 4) is 0 Å². The number of benzene rings is 1. The third kappa shape index (κ3) is 3.15. The SMILES string of the molecule is Cl.O=C(NC1CCNC1=O)c1cnc2cc(C3CC3)ccc2c1. The molecule has 1 atom stereocenters. The minimum Gasteiger partial charge on any atom is -0.354 e. The van der Waals surface area contributed by atoms with E-state index in [9.17, 15) is 9.59 Å². The summed E-state index contributed by atoms with van der Waals surface area (Å²) in [5.74, 6) is 0.328. The number of fused-ring (bicyclic) bond motifs is 1.